The molecule has 0 aliphatic heterocycles. The molecule has 1 N–H and O–H groups in total. The van der Waals surface area contributed by atoms with Crippen molar-refractivity contribution in [2.24, 2.45) is 0 Å². The second-order valence-electron chi connectivity index (χ2n) is 4.82. The summed E-state index contributed by atoms with van der Waals surface area (Å²) in [5.41, 5.74) is 0.663. The van der Waals surface area contributed by atoms with Gasteiger partial charge in [-0.1, -0.05) is 38.9 Å². The summed E-state index contributed by atoms with van der Waals surface area (Å²) < 4.78 is 0. The third kappa shape index (κ3) is 2.31. The Labute approximate surface area is 70.8 Å². The summed E-state index contributed by atoms with van der Waals surface area (Å²) in [6.07, 6.45) is 4.93. The molecule has 0 aromatic carbocycles. The van der Waals surface area contributed by atoms with E-state index in [-0.39, 0.29) is 6.10 Å². The minimum Gasteiger partial charge on any atom is -0.393 e. The summed E-state index contributed by atoms with van der Waals surface area (Å²) >= 11 is 0. The zero-order valence-electron chi connectivity index (χ0n) is 7.93. The Morgan fingerprint density at radius 2 is 1.64 bits per heavy atom. The standard InChI is InChI=1S/C9H20OSi/c1-11(2,3)9-7-5-4-6-8(9)10/h8-10H,4-7H2,1-3H3/t8-,9-/m1/s1. The number of rotatable bonds is 1. The number of hydrogen-bond donors (Lipinski definition) is 1. The topological polar surface area (TPSA) is 20.2 Å². The molecule has 0 aromatic rings. The molecule has 1 saturated carbocycles. The van der Waals surface area contributed by atoms with Crippen molar-refractivity contribution in [2.45, 2.75) is 57.0 Å². The summed E-state index contributed by atoms with van der Waals surface area (Å²) in [5, 5.41) is 9.74. The first kappa shape index (κ1) is 9.27. The number of aliphatic hydroxyl groups is 1. The summed E-state index contributed by atoms with van der Waals surface area (Å²) in [6.45, 7) is 7.10. The van der Waals surface area contributed by atoms with Gasteiger partial charge in [-0.2, -0.15) is 0 Å². The SMILES string of the molecule is C[Si](C)(C)[C@@H]1CCCC[C@H]1O. The molecule has 0 heterocycles. The van der Waals surface area contributed by atoms with Crippen LogP contribution in [0, 0.1) is 0 Å². The Bertz CT molecular complexity index is 128. The molecular weight excluding hydrogens is 152 g/mol. The molecule has 0 radical (unpaired) electrons. The summed E-state index contributed by atoms with van der Waals surface area (Å²) in [5.74, 6) is 0. The fourth-order valence-electron chi connectivity index (χ4n) is 2.12. The van der Waals surface area contributed by atoms with Gasteiger partial charge in [-0.15, -0.1) is 0 Å². The molecule has 0 unspecified atom stereocenters. The van der Waals surface area contributed by atoms with E-state index in [1.54, 1.807) is 0 Å². The van der Waals surface area contributed by atoms with E-state index in [4.69, 9.17) is 0 Å². The molecule has 0 saturated heterocycles. The van der Waals surface area contributed by atoms with E-state index in [1.807, 2.05) is 0 Å². The predicted molar refractivity (Wildman–Crippen MR) is 51.6 cm³/mol. The first-order chi connectivity index (χ1) is 5.02. The van der Waals surface area contributed by atoms with Gasteiger partial charge in [0.15, 0.2) is 0 Å². The van der Waals surface area contributed by atoms with Crippen molar-refractivity contribution < 1.29 is 5.11 Å². The van der Waals surface area contributed by atoms with Crippen LogP contribution in [0.3, 0.4) is 0 Å². The van der Waals surface area contributed by atoms with E-state index >= 15 is 0 Å². The molecule has 0 bridgehead atoms. The van der Waals surface area contributed by atoms with Crippen LogP contribution < -0.4 is 0 Å². The third-order valence-electron chi connectivity index (χ3n) is 2.84. The maximum absolute atomic E-state index is 9.74. The lowest BCUT2D eigenvalue weighted by Crippen LogP contribution is -2.38. The van der Waals surface area contributed by atoms with Crippen molar-refractivity contribution in [3.63, 3.8) is 0 Å². The zero-order chi connectivity index (χ0) is 8.48. The van der Waals surface area contributed by atoms with Crippen molar-refractivity contribution in [2.75, 3.05) is 0 Å². The highest BCUT2D eigenvalue weighted by atomic mass is 28.3. The van der Waals surface area contributed by atoms with Crippen LogP contribution in [0.5, 0.6) is 0 Å². The van der Waals surface area contributed by atoms with Gasteiger partial charge in [0.05, 0.1) is 14.2 Å². The van der Waals surface area contributed by atoms with Gasteiger partial charge in [0.25, 0.3) is 0 Å². The lowest BCUT2D eigenvalue weighted by molar-refractivity contribution is 0.127. The van der Waals surface area contributed by atoms with Crippen molar-refractivity contribution in [1.29, 1.82) is 0 Å². The van der Waals surface area contributed by atoms with Gasteiger partial charge in [-0.05, 0) is 12.0 Å². The van der Waals surface area contributed by atoms with Gasteiger partial charge < -0.3 is 5.11 Å². The van der Waals surface area contributed by atoms with Crippen LogP contribution in [-0.4, -0.2) is 19.3 Å². The molecule has 11 heavy (non-hydrogen) atoms. The highest BCUT2D eigenvalue weighted by Gasteiger charge is 2.33. The van der Waals surface area contributed by atoms with Crippen LogP contribution in [0.15, 0.2) is 0 Å². The molecule has 1 rings (SSSR count). The van der Waals surface area contributed by atoms with Gasteiger partial charge in [0, 0.05) is 0 Å². The van der Waals surface area contributed by atoms with Crippen LogP contribution in [0.1, 0.15) is 25.7 Å². The highest BCUT2D eigenvalue weighted by molar-refractivity contribution is 6.77. The van der Waals surface area contributed by atoms with E-state index in [1.165, 1.54) is 19.3 Å². The van der Waals surface area contributed by atoms with Crippen LogP contribution in [-0.2, 0) is 0 Å². The second kappa shape index (κ2) is 3.28. The van der Waals surface area contributed by atoms with Crippen LogP contribution in [0.2, 0.25) is 25.2 Å². The maximum Gasteiger partial charge on any atom is 0.0544 e. The van der Waals surface area contributed by atoms with Crippen LogP contribution in [0.25, 0.3) is 0 Å². The molecule has 66 valence electrons. The highest BCUT2D eigenvalue weighted by Crippen LogP contribution is 2.36. The van der Waals surface area contributed by atoms with Gasteiger partial charge in [0.1, 0.15) is 0 Å². The minimum absolute atomic E-state index is 0.0235. The largest absolute Gasteiger partial charge is 0.393 e. The smallest absolute Gasteiger partial charge is 0.0544 e. The normalized spacial score (nSPS) is 33.8. The Balaban J connectivity index is 2.55. The number of aliphatic hydroxyl groups excluding tert-OH is 1. The molecule has 2 atom stereocenters. The zero-order valence-corrected chi connectivity index (χ0v) is 8.93. The summed E-state index contributed by atoms with van der Waals surface area (Å²) in [4.78, 5) is 0. The third-order valence-corrected chi connectivity index (χ3v) is 5.74. The van der Waals surface area contributed by atoms with E-state index < -0.39 is 8.07 Å². The van der Waals surface area contributed by atoms with Crippen molar-refractivity contribution in [3.05, 3.63) is 0 Å². The van der Waals surface area contributed by atoms with E-state index in [0.717, 1.165) is 6.42 Å². The second-order valence-corrected chi connectivity index (χ2v) is 10.3. The van der Waals surface area contributed by atoms with Crippen molar-refractivity contribution >= 4 is 8.07 Å². The average Bonchev–Trinajstić information content (AvgIpc) is 1.86. The van der Waals surface area contributed by atoms with Gasteiger partial charge in [-0.3, -0.25) is 0 Å². The first-order valence-electron chi connectivity index (χ1n) is 4.70. The van der Waals surface area contributed by atoms with Crippen LogP contribution in [0.4, 0.5) is 0 Å². The van der Waals surface area contributed by atoms with E-state index in [9.17, 15) is 5.11 Å². The van der Waals surface area contributed by atoms with Crippen molar-refractivity contribution in [1.82, 2.24) is 0 Å². The van der Waals surface area contributed by atoms with Gasteiger partial charge in [0.2, 0.25) is 0 Å². The maximum atomic E-state index is 9.74. The lowest BCUT2D eigenvalue weighted by atomic mass is 9.97. The fraction of sp³-hybridized carbons (Fsp3) is 1.00. The number of hydrogen-bond acceptors (Lipinski definition) is 1. The van der Waals surface area contributed by atoms with Crippen molar-refractivity contribution in [3.8, 4) is 0 Å². The fourth-order valence-corrected chi connectivity index (χ4v) is 4.51. The molecule has 1 fully saturated rings. The average molecular weight is 172 g/mol. The van der Waals surface area contributed by atoms with Gasteiger partial charge >= 0.3 is 0 Å². The molecule has 2 heteroatoms. The molecule has 0 amide bonds. The van der Waals surface area contributed by atoms with E-state index in [2.05, 4.69) is 19.6 Å². The Kier molecular flexibility index (Phi) is 2.76. The minimum atomic E-state index is -1.07. The van der Waals surface area contributed by atoms with Gasteiger partial charge in [-0.25, -0.2) is 0 Å². The first-order valence-corrected chi connectivity index (χ1v) is 8.27. The molecule has 1 nitrogen and oxygen atoms in total. The van der Waals surface area contributed by atoms with Crippen LogP contribution >= 0.6 is 0 Å². The molecule has 0 spiro atoms. The summed E-state index contributed by atoms with van der Waals surface area (Å²) in [7, 11) is -1.07. The molecule has 1 aliphatic carbocycles. The van der Waals surface area contributed by atoms with E-state index in [0.29, 0.717) is 5.54 Å². The predicted octanol–water partition coefficient (Wildman–Crippen LogP) is 2.63. The Morgan fingerprint density at radius 1 is 1.09 bits per heavy atom. The molecular formula is C9H20OSi. The lowest BCUT2D eigenvalue weighted by Gasteiger charge is -2.36. The molecule has 1 aliphatic rings. The summed E-state index contributed by atoms with van der Waals surface area (Å²) in [6, 6.07) is 0. The monoisotopic (exact) mass is 172 g/mol. The Morgan fingerprint density at radius 3 is 2.00 bits per heavy atom. The Hall–Kier alpha value is 0.177. The molecule has 0 aromatic heterocycles. The quantitative estimate of drug-likeness (QED) is 0.603.